The Morgan fingerprint density at radius 3 is 2.64 bits per heavy atom. The minimum atomic E-state index is 0.263. The second-order valence-electron chi connectivity index (χ2n) is 6.78. The fourth-order valence-electron chi connectivity index (χ4n) is 3.30. The molecule has 1 aliphatic rings. The predicted octanol–water partition coefficient (Wildman–Crippen LogP) is 4.79. The van der Waals surface area contributed by atoms with Crippen molar-refractivity contribution in [1.29, 1.82) is 0 Å². The average Bonchev–Trinajstić information content (AvgIpc) is 3.16. The van der Waals surface area contributed by atoms with E-state index in [0.717, 1.165) is 38.2 Å². The Kier molecular flexibility index (Phi) is 6.48. The summed E-state index contributed by atoms with van der Waals surface area (Å²) >= 11 is 0. The topological polar surface area (TPSA) is 30.5 Å². The summed E-state index contributed by atoms with van der Waals surface area (Å²) in [5.74, 6) is 0.924. The number of hydrogen-bond acceptors (Lipinski definition) is 3. The first-order valence-electron chi connectivity index (χ1n) is 9.38. The molecule has 134 valence electrons. The maximum atomic E-state index is 5.86. The first kappa shape index (κ1) is 18.0. The highest BCUT2D eigenvalue weighted by Crippen LogP contribution is 2.22. The summed E-state index contributed by atoms with van der Waals surface area (Å²) in [4.78, 5) is 0. The Morgan fingerprint density at radius 1 is 1.16 bits per heavy atom. The fourth-order valence-corrected chi connectivity index (χ4v) is 3.30. The van der Waals surface area contributed by atoms with Crippen LogP contribution in [0.2, 0.25) is 0 Å². The van der Waals surface area contributed by atoms with E-state index in [2.05, 4.69) is 67.7 Å². The smallest absolute Gasteiger partial charge is 0.119 e. The van der Waals surface area contributed by atoms with Gasteiger partial charge in [0.2, 0.25) is 0 Å². The van der Waals surface area contributed by atoms with Crippen molar-refractivity contribution in [2.24, 2.45) is 0 Å². The Labute approximate surface area is 151 Å². The van der Waals surface area contributed by atoms with Gasteiger partial charge in [-0.05, 0) is 55.0 Å². The van der Waals surface area contributed by atoms with Crippen LogP contribution in [-0.4, -0.2) is 19.3 Å². The molecule has 25 heavy (non-hydrogen) atoms. The van der Waals surface area contributed by atoms with Crippen LogP contribution in [-0.2, 0) is 11.3 Å². The lowest BCUT2D eigenvalue weighted by Crippen LogP contribution is -2.20. The molecule has 0 aromatic heterocycles. The molecule has 0 radical (unpaired) electrons. The second kappa shape index (κ2) is 9.02. The van der Waals surface area contributed by atoms with Crippen LogP contribution in [0.15, 0.2) is 48.5 Å². The lowest BCUT2D eigenvalue weighted by molar-refractivity contribution is 0.0679. The molecule has 1 aliphatic heterocycles. The van der Waals surface area contributed by atoms with E-state index >= 15 is 0 Å². The molecule has 2 aromatic rings. The Bertz CT molecular complexity index is 647. The Balaban J connectivity index is 1.54. The fraction of sp³-hybridized carbons (Fsp3) is 0.455. The maximum absolute atomic E-state index is 5.86. The lowest BCUT2D eigenvalue weighted by Gasteiger charge is -2.19. The minimum absolute atomic E-state index is 0.263. The molecule has 1 fully saturated rings. The van der Waals surface area contributed by atoms with E-state index in [1.165, 1.54) is 16.7 Å². The molecule has 0 spiro atoms. The van der Waals surface area contributed by atoms with Gasteiger partial charge in [-0.2, -0.15) is 0 Å². The molecule has 0 amide bonds. The van der Waals surface area contributed by atoms with E-state index in [1.54, 1.807) is 0 Å². The van der Waals surface area contributed by atoms with Crippen molar-refractivity contribution in [2.45, 2.75) is 51.8 Å². The number of ether oxygens (including phenoxy) is 2. The maximum Gasteiger partial charge on any atom is 0.119 e. The van der Waals surface area contributed by atoms with E-state index in [4.69, 9.17) is 9.47 Å². The first-order valence-corrected chi connectivity index (χ1v) is 9.38. The monoisotopic (exact) mass is 339 g/mol. The van der Waals surface area contributed by atoms with Crippen LogP contribution in [0, 0.1) is 6.92 Å². The SMILES string of the molecule is CCC(NCc1ccccc1C)c1ccc(OCC2CCCO2)cc1. The normalized spacial score (nSPS) is 18.2. The molecule has 2 atom stereocenters. The van der Waals surface area contributed by atoms with Crippen LogP contribution in [0.25, 0.3) is 0 Å². The molecular weight excluding hydrogens is 310 g/mol. The third kappa shape index (κ3) is 5.07. The number of aryl methyl sites for hydroxylation is 1. The van der Waals surface area contributed by atoms with Crippen molar-refractivity contribution in [3.8, 4) is 5.75 Å². The third-order valence-corrected chi connectivity index (χ3v) is 4.95. The van der Waals surface area contributed by atoms with Crippen molar-refractivity contribution < 1.29 is 9.47 Å². The van der Waals surface area contributed by atoms with Crippen LogP contribution in [0.1, 0.15) is 48.9 Å². The molecule has 2 unspecified atom stereocenters. The van der Waals surface area contributed by atoms with Gasteiger partial charge in [0.05, 0.1) is 6.10 Å². The van der Waals surface area contributed by atoms with Gasteiger partial charge in [0.15, 0.2) is 0 Å². The summed E-state index contributed by atoms with van der Waals surface area (Å²) < 4.78 is 11.5. The van der Waals surface area contributed by atoms with Gasteiger partial charge in [-0.25, -0.2) is 0 Å². The first-order chi connectivity index (χ1) is 12.3. The quantitative estimate of drug-likeness (QED) is 0.750. The minimum Gasteiger partial charge on any atom is -0.491 e. The van der Waals surface area contributed by atoms with Gasteiger partial charge < -0.3 is 14.8 Å². The summed E-state index contributed by atoms with van der Waals surface area (Å²) in [6.45, 7) is 6.80. The largest absolute Gasteiger partial charge is 0.491 e. The number of nitrogens with one attached hydrogen (secondary N) is 1. The molecule has 1 N–H and O–H groups in total. The molecule has 2 aromatic carbocycles. The zero-order valence-electron chi connectivity index (χ0n) is 15.3. The molecule has 3 rings (SSSR count). The van der Waals surface area contributed by atoms with Gasteiger partial charge in [-0.15, -0.1) is 0 Å². The highest BCUT2D eigenvalue weighted by molar-refractivity contribution is 5.30. The van der Waals surface area contributed by atoms with E-state index in [-0.39, 0.29) is 6.10 Å². The Morgan fingerprint density at radius 2 is 1.96 bits per heavy atom. The van der Waals surface area contributed by atoms with Crippen molar-refractivity contribution in [3.05, 3.63) is 65.2 Å². The highest BCUT2D eigenvalue weighted by atomic mass is 16.5. The zero-order chi connectivity index (χ0) is 17.5. The van der Waals surface area contributed by atoms with E-state index in [1.807, 2.05) is 0 Å². The highest BCUT2D eigenvalue weighted by Gasteiger charge is 2.16. The third-order valence-electron chi connectivity index (χ3n) is 4.95. The second-order valence-corrected chi connectivity index (χ2v) is 6.78. The average molecular weight is 339 g/mol. The summed E-state index contributed by atoms with van der Waals surface area (Å²) in [7, 11) is 0. The molecular formula is C22H29NO2. The van der Waals surface area contributed by atoms with Crippen LogP contribution in [0.4, 0.5) is 0 Å². The summed E-state index contributed by atoms with van der Waals surface area (Å²) in [6.07, 6.45) is 3.58. The van der Waals surface area contributed by atoms with Gasteiger partial charge in [-0.1, -0.05) is 43.3 Å². The summed E-state index contributed by atoms with van der Waals surface area (Å²) in [5.41, 5.74) is 4.00. The van der Waals surface area contributed by atoms with Crippen LogP contribution < -0.4 is 10.1 Å². The predicted molar refractivity (Wildman–Crippen MR) is 102 cm³/mol. The van der Waals surface area contributed by atoms with Gasteiger partial charge in [0.1, 0.15) is 12.4 Å². The molecule has 3 heteroatoms. The van der Waals surface area contributed by atoms with E-state index in [9.17, 15) is 0 Å². The van der Waals surface area contributed by atoms with Crippen molar-refractivity contribution >= 4 is 0 Å². The molecule has 0 saturated carbocycles. The number of rotatable bonds is 8. The van der Waals surface area contributed by atoms with Gasteiger partial charge in [0.25, 0.3) is 0 Å². The van der Waals surface area contributed by atoms with Gasteiger partial charge >= 0.3 is 0 Å². The van der Waals surface area contributed by atoms with Crippen molar-refractivity contribution in [1.82, 2.24) is 5.32 Å². The molecule has 1 saturated heterocycles. The van der Waals surface area contributed by atoms with Crippen LogP contribution >= 0.6 is 0 Å². The number of hydrogen-bond donors (Lipinski definition) is 1. The lowest BCUT2D eigenvalue weighted by atomic mass is 10.0. The van der Waals surface area contributed by atoms with Crippen LogP contribution in [0.5, 0.6) is 5.75 Å². The van der Waals surface area contributed by atoms with Gasteiger partial charge in [0, 0.05) is 19.2 Å². The standard InChI is InChI=1S/C22H29NO2/c1-3-22(23-15-19-8-5-4-7-17(19)2)18-10-12-20(13-11-18)25-16-21-9-6-14-24-21/h4-5,7-8,10-13,21-23H,3,6,9,14-16H2,1-2H3. The summed E-state index contributed by atoms with van der Waals surface area (Å²) in [5, 5.41) is 3.68. The van der Waals surface area contributed by atoms with Crippen molar-refractivity contribution in [2.75, 3.05) is 13.2 Å². The molecule has 0 bridgehead atoms. The Hall–Kier alpha value is -1.84. The van der Waals surface area contributed by atoms with Gasteiger partial charge in [-0.3, -0.25) is 0 Å². The molecule has 1 heterocycles. The zero-order valence-corrected chi connectivity index (χ0v) is 15.3. The van der Waals surface area contributed by atoms with E-state index < -0.39 is 0 Å². The van der Waals surface area contributed by atoms with Crippen molar-refractivity contribution in [3.63, 3.8) is 0 Å². The number of benzene rings is 2. The summed E-state index contributed by atoms with van der Waals surface area (Å²) in [6, 6.07) is 17.4. The molecule has 3 nitrogen and oxygen atoms in total. The van der Waals surface area contributed by atoms with E-state index in [0.29, 0.717) is 12.6 Å². The molecule has 0 aliphatic carbocycles. The van der Waals surface area contributed by atoms with Crippen LogP contribution in [0.3, 0.4) is 0 Å².